The number of quaternary nitrogens is 1. The Morgan fingerprint density at radius 3 is 0.920 bits per heavy atom. The van der Waals surface area contributed by atoms with Gasteiger partial charge in [0.15, 0.2) is 6.10 Å². The van der Waals surface area contributed by atoms with Crippen LogP contribution in [0.4, 0.5) is 0 Å². The van der Waals surface area contributed by atoms with E-state index in [0.29, 0.717) is 23.9 Å². The molecule has 0 rings (SSSR count). The molecule has 0 aliphatic heterocycles. The molecule has 0 aliphatic carbocycles. The van der Waals surface area contributed by atoms with E-state index >= 15 is 0 Å². The minimum Gasteiger partial charge on any atom is -0.477 e. The second-order valence-corrected chi connectivity index (χ2v) is 24.8. The van der Waals surface area contributed by atoms with Gasteiger partial charge in [-0.3, -0.25) is 9.59 Å². The molecule has 1 N–H and O–H groups in total. The summed E-state index contributed by atoms with van der Waals surface area (Å²) in [7, 11) is 5.96. The zero-order valence-corrected chi connectivity index (χ0v) is 56.9. The average molecular weight is 1210 g/mol. The van der Waals surface area contributed by atoms with Crippen molar-refractivity contribution >= 4 is 17.9 Å². The van der Waals surface area contributed by atoms with Crippen molar-refractivity contribution in [2.45, 2.75) is 309 Å². The molecule has 9 nitrogen and oxygen atoms in total. The van der Waals surface area contributed by atoms with Crippen LogP contribution in [0.25, 0.3) is 0 Å². The van der Waals surface area contributed by atoms with Gasteiger partial charge >= 0.3 is 17.9 Å². The summed E-state index contributed by atoms with van der Waals surface area (Å²) in [5.74, 6) is -2.04. The van der Waals surface area contributed by atoms with Gasteiger partial charge in [-0.15, -0.1) is 0 Å². The quantitative estimate of drug-likeness (QED) is 0.0211. The van der Waals surface area contributed by atoms with E-state index in [1.807, 2.05) is 21.1 Å². The summed E-state index contributed by atoms with van der Waals surface area (Å²) in [4.78, 5) is 37.6. The highest BCUT2D eigenvalue weighted by Gasteiger charge is 2.25. The predicted octanol–water partition coefficient (Wildman–Crippen LogP) is 22.4. The van der Waals surface area contributed by atoms with Crippen molar-refractivity contribution in [2.24, 2.45) is 0 Å². The Morgan fingerprint density at radius 2 is 0.621 bits per heavy atom. The fourth-order valence-electron chi connectivity index (χ4n) is 9.83. The number of hydrogen-bond donors (Lipinski definition) is 1. The highest BCUT2D eigenvalue weighted by molar-refractivity contribution is 5.71. The molecule has 0 saturated carbocycles. The minimum absolute atomic E-state index is 0.178. The number of carboxylic acid groups (broad SMARTS) is 1. The molecule has 2 unspecified atom stereocenters. The first kappa shape index (κ1) is 82.7. The Hall–Kier alpha value is -4.31. The highest BCUT2D eigenvalue weighted by Crippen LogP contribution is 2.18. The van der Waals surface area contributed by atoms with E-state index in [4.69, 9.17) is 18.9 Å². The molecule has 0 aromatic rings. The van der Waals surface area contributed by atoms with Crippen molar-refractivity contribution in [2.75, 3.05) is 47.5 Å². The topological polar surface area (TPSA) is 108 Å². The van der Waals surface area contributed by atoms with E-state index in [0.717, 1.165) is 109 Å². The van der Waals surface area contributed by atoms with Gasteiger partial charge in [0.2, 0.25) is 0 Å². The highest BCUT2D eigenvalue weighted by atomic mass is 16.7. The summed E-state index contributed by atoms with van der Waals surface area (Å²) in [5.41, 5.74) is 0. The number of unbranched alkanes of at least 4 members (excludes halogenated alkanes) is 30. The van der Waals surface area contributed by atoms with Crippen molar-refractivity contribution in [1.29, 1.82) is 0 Å². The lowest BCUT2D eigenvalue weighted by Gasteiger charge is -2.25. The average Bonchev–Trinajstić information content (AvgIpc) is 3.50. The number of carboxylic acids is 1. The van der Waals surface area contributed by atoms with E-state index in [1.54, 1.807) is 0 Å². The number of hydrogen-bond acceptors (Lipinski definition) is 7. The third kappa shape index (κ3) is 69.0. The van der Waals surface area contributed by atoms with Crippen molar-refractivity contribution in [1.82, 2.24) is 0 Å². The van der Waals surface area contributed by atoms with Gasteiger partial charge in [0, 0.05) is 12.8 Å². The second-order valence-electron chi connectivity index (χ2n) is 24.8. The second kappa shape index (κ2) is 67.6. The maximum absolute atomic E-state index is 12.9. The molecule has 0 spiro atoms. The lowest BCUT2D eigenvalue weighted by atomic mass is 10.0. The van der Waals surface area contributed by atoms with E-state index in [-0.39, 0.29) is 32.2 Å². The molecule has 0 aromatic heterocycles. The molecule has 0 aromatic carbocycles. The van der Waals surface area contributed by atoms with Gasteiger partial charge in [0.25, 0.3) is 6.29 Å². The van der Waals surface area contributed by atoms with Crippen molar-refractivity contribution in [3.63, 3.8) is 0 Å². The van der Waals surface area contributed by atoms with E-state index in [1.165, 1.54) is 154 Å². The molecule has 0 radical (unpaired) electrons. The zero-order chi connectivity index (χ0) is 63.3. The van der Waals surface area contributed by atoms with E-state index in [9.17, 15) is 19.5 Å². The van der Waals surface area contributed by atoms with Crippen LogP contribution in [-0.4, -0.2) is 87.4 Å². The van der Waals surface area contributed by atoms with Gasteiger partial charge in [-0.2, -0.15) is 0 Å². The van der Waals surface area contributed by atoms with Crippen LogP contribution in [0.5, 0.6) is 0 Å². The summed E-state index contributed by atoms with van der Waals surface area (Å²) >= 11 is 0. The number of allylic oxidation sites excluding steroid dienone is 20. The van der Waals surface area contributed by atoms with Crippen LogP contribution < -0.4 is 0 Å². The maximum Gasteiger partial charge on any atom is 0.361 e. The molecule has 0 heterocycles. The summed E-state index contributed by atoms with van der Waals surface area (Å²) in [6.45, 7) is 4.64. The van der Waals surface area contributed by atoms with Crippen LogP contribution >= 0.6 is 0 Å². The summed E-state index contributed by atoms with van der Waals surface area (Å²) < 4.78 is 22.9. The minimum atomic E-state index is -1.52. The van der Waals surface area contributed by atoms with Crippen LogP contribution in [0.15, 0.2) is 122 Å². The molecule has 0 amide bonds. The Kier molecular flexibility index (Phi) is 64.3. The predicted molar refractivity (Wildman–Crippen MR) is 373 cm³/mol. The number of nitrogens with zero attached hydrogens (tertiary/aromatic N) is 1. The first-order valence-electron chi connectivity index (χ1n) is 35.7. The Bertz CT molecular complexity index is 1840. The number of likely N-dealkylation sites (N-methyl/N-ethyl adjacent to an activating group) is 1. The number of carbonyl (C=O) groups excluding carboxylic acids is 2. The number of ether oxygens (including phenoxy) is 4. The van der Waals surface area contributed by atoms with Crippen LogP contribution in [-0.2, 0) is 33.3 Å². The summed E-state index contributed by atoms with van der Waals surface area (Å²) in [6.07, 6.45) is 93.3. The first-order valence-corrected chi connectivity index (χ1v) is 35.7. The summed E-state index contributed by atoms with van der Waals surface area (Å²) in [5, 5.41) is 9.74. The maximum atomic E-state index is 12.9. The standard InChI is InChI=1S/C78H133NO8/c1-6-8-10-12-14-16-18-20-22-24-26-28-30-31-32-33-34-35-36-37-38-39-40-41-42-43-44-45-47-48-50-52-54-56-58-60-62-64-66-68-75(80)85-72-74(73-86-78(77(82)83)84-71-70-79(3,4)5)87-76(81)69-67-65-63-61-59-57-55-53-51-49-46-29-27-25-23-21-19-17-15-13-11-9-7-2/h8-11,14-17,20-23,26-29,49,51,55,57,74,78H,6-7,12-13,18-19,24-25,30-48,50,52-54,56,58-73H2,1-5H3/p+1/b10-8-,11-9-,16-14-,17-15-,22-20-,23-21-,28-26-,29-27-,51-49-,57-55-. The zero-order valence-electron chi connectivity index (χ0n) is 56.9. The number of carbonyl (C=O) groups is 3. The lowest BCUT2D eigenvalue weighted by Crippen LogP contribution is -2.40. The van der Waals surface area contributed by atoms with E-state index < -0.39 is 24.3 Å². The number of esters is 2. The van der Waals surface area contributed by atoms with E-state index in [2.05, 4.69) is 135 Å². The number of aliphatic carboxylic acids is 1. The van der Waals surface area contributed by atoms with Crippen LogP contribution in [0, 0.1) is 0 Å². The molecule has 0 saturated heterocycles. The third-order valence-electron chi connectivity index (χ3n) is 15.2. The smallest absolute Gasteiger partial charge is 0.361 e. The molecule has 0 aliphatic rings. The van der Waals surface area contributed by atoms with Gasteiger partial charge in [0.1, 0.15) is 13.2 Å². The SMILES string of the molecule is CC/C=C\C/C=C\C/C=C\C/C=C\C/C=C\C/C=C\CCCCCCC(=O)OC(COC(=O)CCCCCCCCCCCCCCCCCCCCCCCCCCCC/C=C\C/C=C\C/C=C\C/C=C\CC)COC(OCC[N+](C)(C)C)C(=O)O. The fourth-order valence-corrected chi connectivity index (χ4v) is 9.83. The Labute approximate surface area is 536 Å². The fraction of sp³-hybridized carbons (Fsp3) is 0.705. The van der Waals surface area contributed by atoms with Gasteiger partial charge in [-0.25, -0.2) is 4.79 Å². The Morgan fingerprint density at radius 1 is 0.345 bits per heavy atom. The molecule has 2 atom stereocenters. The molecule has 87 heavy (non-hydrogen) atoms. The molecule has 498 valence electrons. The first-order chi connectivity index (χ1) is 42.6. The molecule has 0 bridgehead atoms. The van der Waals surface area contributed by atoms with Gasteiger partial charge in [0.05, 0.1) is 34.4 Å². The van der Waals surface area contributed by atoms with Gasteiger partial charge in [-0.05, 0) is 103 Å². The molecular formula is C78H134NO8+. The third-order valence-corrected chi connectivity index (χ3v) is 15.2. The normalized spacial score (nSPS) is 13.4. The molecule has 9 heteroatoms. The van der Waals surface area contributed by atoms with Crippen LogP contribution in [0.2, 0.25) is 0 Å². The van der Waals surface area contributed by atoms with Crippen molar-refractivity contribution in [3.8, 4) is 0 Å². The molecular weight excluding hydrogens is 1080 g/mol. The number of rotatable bonds is 65. The Balaban J connectivity index is 4.04. The monoisotopic (exact) mass is 1210 g/mol. The lowest BCUT2D eigenvalue weighted by molar-refractivity contribution is -0.870. The van der Waals surface area contributed by atoms with Crippen molar-refractivity contribution in [3.05, 3.63) is 122 Å². The summed E-state index contributed by atoms with van der Waals surface area (Å²) in [6, 6.07) is 0. The van der Waals surface area contributed by atoms with Gasteiger partial charge in [-0.1, -0.05) is 302 Å². The molecule has 0 fully saturated rings. The largest absolute Gasteiger partial charge is 0.477 e. The van der Waals surface area contributed by atoms with Gasteiger partial charge < -0.3 is 28.5 Å². The van der Waals surface area contributed by atoms with Crippen molar-refractivity contribution < 1.29 is 42.9 Å². The van der Waals surface area contributed by atoms with Crippen LogP contribution in [0.3, 0.4) is 0 Å². The van der Waals surface area contributed by atoms with Crippen LogP contribution in [0.1, 0.15) is 296 Å².